The molecular formula is C18H28N2O3. The number of likely N-dealkylation sites (tertiary alicyclic amines) is 1. The number of rotatable bonds is 6. The molecule has 5 heteroatoms. The molecule has 1 aromatic rings. The summed E-state index contributed by atoms with van der Waals surface area (Å²) in [5.41, 5.74) is 7.55. The van der Waals surface area contributed by atoms with Gasteiger partial charge in [0.15, 0.2) is 0 Å². The molecule has 5 nitrogen and oxygen atoms in total. The summed E-state index contributed by atoms with van der Waals surface area (Å²) in [5.74, 6) is 0.481. The normalized spacial score (nSPS) is 23.5. The van der Waals surface area contributed by atoms with Crippen molar-refractivity contribution in [3.8, 4) is 5.75 Å². The maximum absolute atomic E-state index is 11.4. The molecule has 23 heavy (non-hydrogen) atoms. The fourth-order valence-electron chi connectivity index (χ4n) is 3.20. The van der Waals surface area contributed by atoms with Gasteiger partial charge in [-0.3, -0.25) is 9.69 Å². The number of aryl methyl sites for hydroxylation is 2. The zero-order valence-electron chi connectivity index (χ0n) is 14.3. The molecule has 3 unspecified atom stereocenters. The van der Waals surface area contributed by atoms with Crippen molar-refractivity contribution in [3.05, 3.63) is 29.3 Å². The Hall–Kier alpha value is -1.59. The Balaban J connectivity index is 1.88. The summed E-state index contributed by atoms with van der Waals surface area (Å²) in [7, 11) is 0. The number of hydrogen-bond donors (Lipinski definition) is 2. The minimum Gasteiger partial charge on any atom is -0.490 e. The van der Waals surface area contributed by atoms with Crippen LogP contribution in [0.2, 0.25) is 0 Å². The van der Waals surface area contributed by atoms with Crippen LogP contribution in [0.15, 0.2) is 18.2 Å². The third-order valence-electron chi connectivity index (χ3n) is 4.69. The quantitative estimate of drug-likeness (QED) is 0.835. The first-order chi connectivity index (χ1) is 10.9. The van der Waals surface area contributed by atoms with Crippen LogP contribution in [0.5, 0.6) is 5.75 Å². The number of primary amides is 1. The lowest BCUT2D eigenvalue weighted by molar-refractivity contribution is -0.124. The van der Waals surface area contributed by atoms with Crippen molar-refractivity contribution in [1.82, 2.24) is 4.90 Å². The van der Waals surface area contributed by atoms with Gasteiger partial charge in [-0.05, 0) is 44.7 Å². The van der Waals surface area contributed by atoms with Gasteiger partial charge in [0.1, 0.15) is 18.5 Å². The Labute approximate surface area is 138 Å². The third-order valence-corrected chi connectivity index (χ3v) is 4.69. The summed E-state index contributed by atoms with van der Waals surface area (Å²) in [6.45, 7) is 7.48. The predicted molar refractivity (Wildman–Crippen MR) is 90.4 cm³/mol. The van der Waals surface area contributed by atoms with E-state index in [-0.39, 0.29) is 18.4 Å². The van der Waals surface area contributed by atoms with E-state index in [2.05, 4.69) is 11.8 Å². The molecule has 1 amide bonds. The van der Waals surface area contributed by atoms with E-state index < -0.39 is 6.10 Å². The van der Waals surface area contributed by atoms with E-state index in [1.165, 1.54) is 0 Å². The van der Waals surface area contributed by atoms with Crippen molar-refractivity contribution in [2.24, 2.45) is 11.7 Å². The number of carbonyl (C=O) groups excluding carboxylic acids is 1. The Morgan fingerprint density at radius 3 is 2.65 bits per heavy atom. The lowest BCUT2D eigenvalue weighted by Crippen LogP contribution is -2.49. The third kappa shape index (κ3) is 4.69. The molecule has 1 aliphatic rings. The van der Waals surface area contributed by atoms with Crippen LogP contribution in [0.25, 0.3) is 0 Å². The van der Waals surface area contributed by atoms with Crippen molar-refractivity contribution in [3.63, 3.8) is 0 Å². The fraction of sp³-hybridized carbons (Fsp3) is 0.611. The van der Waals surface area contributed by atoms with Crippen molar-refractivity contribution in [2.45, 2.75) is 45.8 Å². The number of ether oxygens (including phenoxy) is 1. The van der Waals surface area contributed by atoms with E-state index in [0.717, 1.165) is 29.7 Å². The van der Waals surface area contributed by atoms with Crippen molar-refractivity contribution in [1.29, 1.82) is 0 Å². The van der Waals surface area contributed by atoms with Gasteiger partial charge in [-0.25, -0.2) is 0 Å². The van der Waals surface area contributed by atoms with E-state index in [1.807, 2.05) is 32.0 Å². The highest BCUT2D eigenvalue weighted by molar-refractivity contribution is 5.76. The largest absolute Gasteiger partial charge is 0.490 e. The van der Waals surface area contributed by atoms with Crippen molar-refractivity contribution in [2.75, 3.05) is 19.7 Å². The topological polar surface area (TPSA) is 75.8 Å². The molecule has 1 saturated heterocycles. The molecule has 3 N–H and O–H groups in total. The molecule has 0 aliphatic carbocycles. The molecule has 0 aromatic heterocycles. The number of para-hydroxylation sites is 1. The van der Waals surface area contributed by atoms with Crippen molar-refractivity contribution < 1.29 is 14.6 Å². The fourth-order valence-corrected chi connectivity index (χ4v) is 3.20. The number of aliphatic hydroxyl groups is 1. The van der Waals surface area contributed by atoms with E-state index in [1.54, 1.807) is 0 Å². The smallest absolute Gasteiger partial charge is 0.221 e. The highest BCUT2D eigenvalue weighted by atomic mass is 16.5. The Bertz CT molecular complexity index is 527. The molecule has 0 saturated carbocycles. The van der Waals surface area contributed by atoms with Crippen LogP contribution < -0.4 is 10.5 Å². The van der Waals surface area contributed by atoms with Gasteiger partial charge in [-0.2, -0.15) is 0 Å². The summed E-state index contributed by atoms with van der Waals surface area (Å²) in [6, 6.07) is 6.34. The summed E-state index contributed by atoms with van der Waals surface area (Å²) < 4.78 is 5.81. The lowest BCUT2D eigenvalue weighted by atomic mass is 9.92. The number of aliphatic hydroxyl groups excluding tert-OH is 1. The van der Waals surface area contributed by atoms with Gasteiger partial charge >= 0.3 is 0 Å². The van der Waals surface area contributed by atoms with Crippen LogP contribution in [-0.4, -0.2) is 47.8 Å². The lowest BCUT2D eigenvalue weighted by Gasteiger charge is -2.37. The van der Waals surface area contributed by atoms with Crippen LogP contribution in [-0.2, 0) is 4.79 Å². The van der Waals surface area contributed by atoms with Crippen LogP contribution in [0.4, 0.5) is 0 Å². The maximum Gasteiger partial charge on any atom is 0.221 e. The predicted octanol–water partition coefficient (Wildman–Crippen LogP) is 1.63. The second-order valence-electron chi connectivity index (χ2n) is 6.67. The van der Waals surface area contributed by atoms with Crippen LogP contribution in [0, 0.1) is 19.8 Å². The summed E-state index contributed by atoms with van der Waals surface area (Å²) in [6.07, 6.45) is 1.17. The Kier molecular flexibility index (Phi) is 6.02. The zero-order chi connectivity index (χ0) is 17.0. The molecule has 0 spiro atoms. The Morgan fingerprint density at radius 1 is 1.39 bits per heavy atom. The number of piperidine rings is 1. The number of nitrogens with two attached hydrogens (primary N) is 1. The number of nitrogens with zero attached hydrogens (tertiary/aromatic N) is 1. The second kappa shape index (κ2) is 7.79. The zero-order valence-corrected chi connectivity index (χ0v) is 14.3. The molecule has 3 atom stereocenters. The molecule has 2 rings (SSSR count). The number of benzene rings is 1. The minimum absolute atomic E-state index is 0.113. The van der Waals surface area contributed by atoms with Crippen molar-refractivity contribution >= 4 is 5.91 Å². The first-order valence-electron chi connectivity index (χ1n) is 8.29. The minimum atomic E-state index is -0.594. The molecule has 0 radical (unpaired) electrons. The van der Waals surface area contributed by atoms with Gasteiger partial charge in [-0.1, -0.05) is 18.2 Å². The van der Waals surface area contributed by atoms with E-state index in [0.29, 0.717) is 19.1 Å². The molecule has 1 aromatic carbocycles. The molecule has 1 fully saturated rings. The first kappa shape index (κ1) is 17.8. The van der Waals surface area contributed by atoms with Gasteiger partial charge < -0.3 is 15.6 Å². The second-order valence-corrected chi connectivity index (χ2v) is 6.67. The highest BCUT2D eigenvalue weighted by Crippen LogP contribution is 2.24. The standard InChI is InChI=1S/C18H28N2O3/c1-12-5-4-6-13(2)17(12)23-11-16(21)10-20-9-15(18(19)22)8-7-14(20)3/h4-6,14-16,21H,7-11H2,1-3H3,(H2,19,22). The first-order valence-corrected chi connectivity index (χ1v) is 8.29. The summed E-state index contributed by atoms with van der Waals surface area (Å²) in [4.78, 5) is 13.5. The number of amides is 1. The van der Waals surface area contributed by atoms with Gasteiger partial charge in [-0.15, -0.1) is 0 Å². The van der Waals surface area contributed by atoms with Gasteiger partial charge in [0.25, 0.3) is 0 Å². The van der Waals surface area contributed by atoms with E-state index in [4.69, 9.17) is 10.5 Å². The molecule has 1 heterocycles. The summed E-state index contributed by atoms with van der Waals surface area (Å²) >= 11 is 0. The Morgan fingerprint density at radius 2 is 2.04 bits per heavy atom. The highest BCUT2D eigenvalue weighted by Gasteiger charge is 2.29. The molecule has 1 aliphatic heterocycles. The monoisotopic (exact) mass is 320 g/mol. The van der Waals surface area contributed by atoms with Gasteiger partial charge in [0.05, 0.1) is 5.92 Å². The number of β-amino-alcohol motifs (C(OH)–C–C–N with tert-alkyl or cyclic N) is 1. The van der Waals surface area contributed by atoms with E-state index >= 15 is 0 Å². The summed E-state index contributed by atoms with van der Waals surface area (Å²) in [5, 5.41) is 10.3. The van der Waals surface area contributed by atoms with E-state index in [9.17, 15) is 9.90 Å². The number of carbonyl (C=O) groups is 1. The molecule has 0 bridgehead atoms. The maximum atomic E-state index is 11.4. The average Bonchev–Trinajstić information content (AvgIpc) is 2.48. The van der Waals surface area contributed by atoms with Gasteiger partial charge in [0, 0.05) is 19.1 Å². The van der Waals surface area contributed by atoms with Gasteiger partial charge in [0.2, 0.25) is 5.91 Å². The van der Waals surface area contributed by atoms with Crippen LogP contribution in [0.1, 0.15) is 30.9 Å². The SMILES string of the molecule is Cc1cccc(C)c1OCC(O)CN1CC(C(N)=O)CCC1C. The van der Waals surface area contributed by atoms with Crippen LogP contribution in [0.3, 0.4) is 0 Å². The molecule has 128 valence electrons. The van der Waals surface area contributed by atoms with Crippen LogP contribution >= 0.6 is 0 Å². The molecular weight excluding hydrogens is 292 g/mol. The number of hydrogen-bond acceptors (Lipinski definition) is 4. The average molecular weight is 320 g/mol.